The van der Waals surface area contributed by atoms with Crippen molar-refractivity contribution in [2.75, 3.05) is 7.11 Å². The number of methoxy groups -OCH3 is 1. The van der Waals surface area contributed by atoms with E-state index in [0.29, 0.717) is 22.7 Å². The van der Waals surface area contributed by atoms with Crippen LogP contribution in [0.2, 0.25) is 0 Å². The van der Waals surface area contributed by atoms with Gasteiger partial charge in [0.15, 0.2) is 5.76 Å². The molecule has 0 aliphatic rings. The van der Waals surface area contributed by atoms with Crippen molar-refractivity contribution in [1.29, 1.82) is 0 Å². The maximum absolute atomic E-state index is 13.4. The first-order chi connectivity index (χ1) is 14.0. The number of imidazole rings is 1. The summed E-state index contributed by atoms with van der Waals surface area (Å²) in [4.78, 5) is 17.5. The highest BCUT2D eigenvalue weighted by Gasteiger charge is 2.25. The Hall–Kier alpha value is -3.61. The van der Waals surface area contributed by atoms with Gasteiger partial charge in [-0.25, -0.2) is 9.37 Å². The zero-order valence-corrected chi connectivity index (χ0v) is 16.3. The molecule has 7 heteroatoms. The van der Waals surface area contributed by atoms with Crippen LogP contribution in [0.5, 0.6) is 5.75 Å². The van der Waals surface area contributed by atoms with Crippen LogP contribution < -0.4 is 10.1 Å². The normalized spacial score (nSPS) is 12.1. The van der Waals surface area contributed by atoms with Crippen LogP contribution in [-0.2, 0) is 7.05 Å². The lowest BCUT2D eigenvalue weighted by atomic mass is 10.1. The largest absolute Gasteiger partial charge is 0.497 e. The van der Waals surface area contributed by atoms with Gasteiger partial charge < -0.3 is 19.0 Å². The second kappa shape index (κ2) is 7.43. The zero-order valence-electron chi connectivity index (χ0n) is 16.3. The number of hydrogen-bond donors (Lipinski definition) is 1. The fourth-order valence-corrected chi connectivity index (χ4v) is 3.35. The van der Waals surface area contributed by atoms with Crippen LogP contribution in [0.1, 0.15) is 33.5 Å². The van der Waals surface area contributed by atoms with E-state index in [-0.39, 0.29) is 17.5 Å². The zero-order chi connectivity index (χ0) is 20.5. The Morgan fingerprint density at radius 1 is 1.24 bits per heavy atom. The molecule has 2 heterocycles. The highest BCUT2D eigenvalue weighted by molar-refractivity contribution is 5.99. The molecule has 1 N–H and O–H groups in total. The standard InChI is InChI=1S/C22H20FN3O3/c1-13-17-9-8-16(28-3)12-18(17)29-20(13)22(27)25-19(21-24-10-11-26(21)2)14-4-6-15(23)7-5-14/h4-12,19H,1-3H3,(H,25,27)/t19-/m0/s1. The van der Waals surface area contributed by atoms with Gasteiger partial charge in [-0.1, -0.05) is 12.1 Å². The minimum absolute atomic E-state index is 0.217. The summed E-state index contributed by atoms with van der Waals surface area (Å²) in [6.07, 6.45) is 3.44. The summed E-state index contributed by atoms with van der Waals surface area (Å²) in [7, 11) is 3.41. The molecule has 1 atom stereocenters. The Balaban J connectivity index is 1.72. The molecule has 2 aromatic heterocycles. The second-order valence-electron chi connectivity index (χ2n) is 6.77. The number of furan rings is 1. The van der Waals surface area contributed by atoms with E-state index in [9.17, 15) is 9.18 Å². The van der Waals surface area contributed by atoms with Crippen LogP contribution in [0.25, 0.3) is 11.0 Å². The van der Waals surface area contributed by atoms with Crippen molar-refractivity contribution in [3.8, 4) is 5.75 Å². The van der Waals surface area contributed by atoms with Crippen molar-refractivity contribution in [1.82, 2.24) is 14.9 Å². The molecule has 0 radical (unpaired) electrons. The van der Waals surface area contributed by atoms with Gasteiger partial charge in [0.2, 0.25) is 0 Å². The Labute approximate surface area is 166 Å². The number of aromatic nitrogens is 2. The predicted octanol–water partition coefficient (Wildman–Crippen LogP) is 4.14. The number of ether oxygens (including phenoxy) is 1. The molecule has 4 aromatic rings. The topological polar surface area (TPSA) is 69.3 Å². The van der Waals surface area contributed by atoms with Crippen molar-refractivity contribution in [2.45, 2.75) is 13.0 Å². The number of fused-ring (bicyclic) bond motifs is 1. The Morgan fingerprint density at radius 2 is 2.00 bits per heavy atom. The molecule has 4 rings (SSSR count). The Morgan fingerprint density at radius 3 is 2.66 bits per heavy atom. The molecule has 6 nitrogen and oxygen atoms in total. The number of nitrogens with zero attached hydrogens (tertiary/aromatic N) is 2. The van der Waals surface area contributed by atoms with E-state index in [0.717, 1.165) is 10.9 Å². The number of nitrogens with one attached hydrogen (secondary N) is 1. The predicted molar refractivity (Wildman–Crippen MR) is 106 cm³/mol. The van der Waals surface area contributed by atoms with Crippen LogP contribution in [0, 0.1) is 12.7 Å². The summed E-state index contributed by atoms with van der Waals surface area (Å²) < 4.78 is 26.3. The molecular formula is C22H20FN3O3. The van der Waals surface area contributed by atoms with E-state index in [4.69, 9.17) is 9.15 Å². The van der Waals surface area contributed by atoms with Crippen LogP contribution in [0.3, 0.4) is 0 Å². The molecule has 0 saturated heterocycles. The van der Waals surface area contributed by atoms with Crippen LogP contribution in [0.15, 0.2) is 59.3 Å². The number of halogens is 1. The van der Waals surface area contributed by atoms with Gasteiger partial charge in [0.05, 0.1) is 7.11 Å². The third-order valence-corrected chi connectivity index (χ3v) is 4.95. The van der Waals surface area contributed by atoms with Crippen molar-refractivity contribution < 1.29 is 18.3 Å². The summed E-state index contributed by atoms with van der Waals surface area (Å²) in [5.41, 5.74) is 2.02. The van der Waals surface area contributed by atoms with E-state index >= 15 is 0 Å². The maximum atomic E-state index is 13.4. The smallest absolute Gasteiger partial charge is 0.288 e. The molecule has 0 aliphatic carbocycles. The highest BCUT2D eigenvalue weighted by Crippen LogP contribution is 2.29. The maximum Gasteiger partial charge on any atom is 0.288 e. The van der Waals surface area contributed by atoms with E-state index in [2.05, 4.69) is 10.3 Å². The van der Waals surface area contributed by atoms with Crippen LogP contribution >= 0.6 is 0 Å². The molecular weight excluding hydrogens is 373 g/mol. The van der Waals surface area contributed by atoms with Crippen molar-refractivity contribution in [3.63, 3.8) is 0 Å². The van der Waals surface area contributed by atoms with Gasteiger partial charge in [-0.2, -0.15) is 0 Å². The Kier molecular flexibility index (Phi) is 4.80. The van der Waals surface area contributed by atoms with Crippen molar-refractivity contribution >= 4 is 16.9 Å². The lowest BCUT2D eigenvalue weighted by molar-refractivity contribution is 0.0914. The molecule has 29 heavy (non-hydrogen) atoms. The number of benzene rings is 2. The molecule has 148 valence electrons. The SMILES string of the molecule is COc1ccc2c(C)c(C(=O)N[C@@H](c3ccc(F)cc3)c3nccn3C)oc2c1. The fraction of sp³-hybridized carbons (Fsp3) is 0.182. The number of hydrogen-bond acceptors (Lipinski definition) is 4. The quantitative estimate of drug-likeness (QED) is 0.553. The molecule has 2 aromatic carbocycles. The third-order valence-electron chi connectivity index (χ3n) is 4.95. The lowest BCUT2D eigenvalue weighted by Crippen LogP contribution is -2.31. The first-order valence-electron chi connectivity index (χ1n) is 9.08. The first kappa shape index (κ1) is 18.7. The summed E-state index contributed by atoms with van der Waals surface area (Å²) >= 11 is 0. The van der Waals surface area contributed by atoms with Crippen LogP contribution in [0.4, 0.5) is 4.39 Å². The summed E-state index contributed by atoms with van der Waals surface area (Å²) in [6, 6.07) is 10.8. The van der Waals surface area contributed by atoms with E-state index in [1.165, 1.54) is 12.1 Å². The molecule has 0 unspecified atom stereocenters. The minimum Gasteiger partial charge on any atom is -0.497 e. The molecule has 0 bridgehead atoms. The third kappa shape index (κ3) is 3.47. The number of carbonyl (C=O) groups excluding carboxylic acids is 1. The monoisotopic (exact) mass is 393 g/mol. The average Bonchev–Trinajstić information content (AvgIpc) is 3.29. The summed E-state index contributed by atoms with van der Waals surface area (Å²) in [6.45, 7) is 1.83. The molecule has 0 fully saturated rings. The molecule has 0 spiro atoms. The van der Waals surface area contributed by atoms with Gasteiger partial charge >= 0.3 is 0 Å². The van der Waals surface area contributed by atoms with E-state index in [1.54, 1.807) is 37.7 Å². The second-order valence-corrected chi connectivity index (χ2v) is 6.77. The van der Waals surface area contributed by atoms with Gasteiger partial charge in [-0.3, -0.25) is 4.79 Å². The van der Waals surface area contributed by atoms with E-state index in [1.807, 2.05) is 30.7 Å². The highest BCUT2D eigenvalue weighted by atomic mass is 19.1. The molecule has 1 amide bonds. The number of aryl methyl sites for hydroxylation is 2. The van der Waals surface area contributed by atoms with Crippen LogP contribution in [-0.4, -0.2) is 22.6 Å². The minimum atomic E-state index is -0.565. The van der Waals surface area contributed by atoms with E-state index < -0.39 is 6.04 Å². The fourth-order valence-electron chi connectivity index (χ4n) is 3.35. The van der Waals surface area contributed by atoms with Gasteiger partial charge in [0.25, 0.3) is 5.91 Å². The van der Waals surface area contributed by atoms with Gasteiger partial charge in [-0.15, -0.1) is 0 Å². The average molecular weight is 393 g/mol. The summed E-state index contributed by atoms with van der Waals surface area (Å²) in [5.74, 6) is 0.765. The van der Waals surface area contributed by atoms with Gasteiger partial charge in [0, 0.05) is 36.5 Å². The number of amides is 1. The Bertz CT molecular complexity index is 1180. The van der Waals surface area contributed by atoms with Crippen molar-refractivity contribution in [2.24, 2.45) is 7.05 Å². The van der Waals surface area contributed by atoms with Gasteiger partial charge in [0.1, 0.15) is 29.0 Å². The number of carbonyl (C=O) groups is 1. The molecule has 0 aliphatic heterocycles. The summed E-state index contributed by atoms with van der Waals surface area (Å²) in [5, 5.41) is 3.81. The van der Waals surface area contributed by atoms with Gasteiger partial charge in [-0.05, 0) is 36.8 Å². The molecule has 0 saturated carbocycles. The lowest BCUT2D eigenvalue weighted by Gasteiger charge is -2.18. The number of rotatable bonds is 5. The first-order valence-corrected chi connectivity index (χ1v) is 9.08. The van der Waals surface area contributed by atoms with Crippen molar-refractivity contribution in [3.05, 3.63) is 83.4 Å².